The van der Waals surface area contributed by atoms with Crippen LogP contribution in [-0.4, -0.2) is 101 Å². The minimum atomic E-state index is -0.874. The number of rotatable bonds is 14. The molecule has 10 N–H and O–H groups in total. The van der Waals surface area contributed by atoms with Gasteiger partial charge in [-0.25, -0.2) is 9.55 Å². The molecule has 5 rings (SSSR count). The average Bonchev–Trinajstić information content (AvgIpc) is 3.62. The number of hydrogen-bond donors (Lipinski definition) is 7. The first-order chi connectivity index (χ1) is 26.8. The van der Waals surface area contributed by atoms with Crippen LogP contribution in [0.15, 0.2) is 47.1 Å². The summed E-state index contributed by atoms with van der Waals surface area (Å²) in [7, 11) is 3.39. The van der Waals surface area contributed by atoms with Gasteiger partial charge in [0.05, 0.1) is 25.9 Å². The highest BCUT2D eigenvalue weighted by Crippen LogP contribution is 2.35. The molecule has 0 aliphatic carbocycles. The summed E-state index contributed by atoms with van der Waals surface area (Å²) < 4.78 is 18.4. The SMILES string of the molecule is CC.COSON1C(=O)C(NC(=O)/C(=N\OC(C)C2CCc3cc(-c4ccc(NC(CN)CN)[n+](C)c4)ccc3O2)c2csc(N)n2)C1(C)C.O=CO.O=CO. The van der Waals surface area contributed by atoms with Crippen LogP contribution < -0.4 is 37.1 Å². The number of amides is 2. The van der Waals surface area contributed by atoms with Crippen molar-refractivity contribution in [3.8, 4) is 16.9 Å². The van der Waals surface area contributed by atoms with E-state index in [9.17, 15) is 9.59 Å². The zero-order valence-electron chi connectivity index (χ0n) is 32.3. The van der Waals surface area contributed by atoms with Crippen LogP contribution in [0.4, 0.5) is 10.9 Å². The quantitative estimate of drug-likeness (QED) is 0.0306. The standard InChI is InChI=1S/C31H41N9O6S2.C2H6.2CH2O2/c1-17(45-38-26(22-16-47-30(34)36-22)28(41)37-27-29(42)40(31(27,2)3)46-48-43-5)23-9-7-19-12-18(6-10-24(19)44-23)20-8-11-25(39(4)15-20)35-21(13-32)14-33;1-2;2*2-1-3/h6,8,10-12,15-17,21,23,27H,7,9,13-14,32-33H2,1-5H3,(H3,34,36,37,41);1-2H3;2*1H,(H,2,3)/p+1/b38-26-;;;. The summed E-state index contributed by atoms with van der Waals surface area (Å²) in [5.41, 5.74) is 19.9. The number of hydrogen-bond acceptors (Lipinski definition) is 16. The highest BCUT2D eigenvalue weighted by molar-refractivity contribution is 7.89. The molecular formula is C35H52N9O10S2+. The number of nitrogens with one attached hydrogen (secondary N) is 2. The Bertz CT molecular complexity index is 1770. The number of hydroxylamine groups is 2. The predicted molar refractivity (Wildman–Crippen MR) is 212 cm³/mol. The number of carboxylic acid groups (broad SMARTS) is 2. The lowest BCUT2D eigenvalue weighted by Crippen LogP contribution is -2.76. The maximum atomic E-state index is 13.4. The summed E-state index contributed by atoms with van der Waals surface area (Å²) in [6.45, 7) is 9.73. The molecule has 19 nitrogen and oxygen atoms in total. The van der Waals surface area contributed by atoms with Gasteiger partial charge in [0.2, 0.25) is 0 Å². The van der Waals surface area contributed by atoms with Gasteiger partial charge in [0.15, 0.2) is 29.3 Å². The Morgan fingerprint density at radius 2 is 1.84 bits per heavy atom. The molecule has 0 bridgehead atoms. The fourth-order valence-corrected chi connectivity index (χ4v) is 6.40. The van der Waals surface area contributed by atoms with Crippen molar-refractivity contribution in [2.75, 3.05) is 31.2 Å². The van der Waals surface area contributed by atoms with E-state index in [1.54, 1.807) is 19.2 Å². The molecule has 2 aliphatic heterocycles. The lowest BCUT2D eigenvalue weighted by molar-refractivity contribution is -0.656. The minimum absolute atomic E-state index is 0.000847. The Labute approximate surface area is 333 Å². The third-order valence-corrected chi connectivity index (χ3v) is 9.38. The molecular weight excluding hydrogens is 771 g/mol. The highest BCUT2D eigenvalue weighted by Gasteiger charge is 2.57. The fraction of sp³-hybridized carbons (Fsp3) is 0.457. The minimum Gasteiger partial charge on any atom is -0.486 e. The van der Waals surface area contributed by atoms with Crippen molar-refractivity contribution in [3.63, 3.8) is 0 Å². The van der Waals surface area contributed by atoms with Gasteiger partial charge >= 0.3 is 0 Å². The number of nitrogens with zero attached hydrogens (tertiary/aromatic N) is 4. The van der Waals surface area contributed by atoms with Gasteiger partial charge in [-0.05, 0) is 62.9 Å². The molecule has 2 aromatic heterocycles. The number of anilines is 2. The number of oxime groups is 1. The van der Waals surface area contributed by atoms with Crippen molar-refractivity contribution in [2.24, 2.45) is 23.7 Å². The monoisotopic (exact) mass is 822 g/mol. The van der Waals surface area contributed by atoms with Crippen molar-refractivity contribution in [1.29, 1.82) is 0 Å². The van der Waals surface area contributed by atoms with E-state index in [4.69, 9.17) is 55.0 Å². The predicted octanol–water partition coefficient (Wildman–Crippen LogP) is 2.09. The number of β-lactam (4-membered cyclic amide) rings is 1. The number of nitrogens with two attached hydrogens (primary N) is 3. The van der Waals surface area contributed by atoms with Crippen LogP contribution in [0.5, 0.6) is 5.75 Å². The van der Waals surface area contributed by atoms with Gasteiger partial charge in [0.25, 0.3) is 30.6 Å². The second-order valence-corrected chi connectivity index (χ2v) is 13.8. The first-order valence-electron chi connectivity index (χ1n) is 17.4. The largest absolute Gasteiger partial charge is 0.486 e. The lowest BCUT2D eigenvalue weighted by atomic mass is 9.84. The maximum Gasteiger partial charge on any atom is 0.290 e. The normalized spacial score (nSPS) is 17.1. The molecule has 4 heterocycles. The van der Waals surface area contributed by atoms with Crippen LogP contribution in [0, 0.1) is 0 Å². The van der Waals surface area contributed by atoms with Crippen molar-refractivity contribution in [3.05, 3.63) is 53.2 Å². The first kappa shape index (κ1) is 47.1. The summed E-state index contributed by atoms with van der Waals surface area (Å²) in [6.07, 6.45) is 2.66. The number of benzene rings is 1. The smallest absolute Gasteiger partial charge is 0.290 e. The van der Waals surface area contributed by atoms with Gasteiger partial charge in [-0.1, -0.05) is 25.1 Å². The van der Waals surface area contributed by atoms with Crippen molar-refractivity contribution >= 4 is 65.1 Å². The number of ether oxygens (including phenoxy) is 1. The summed E-state index contributed by atoms with van der Waals surface area (Å²) in [5.74, 6) is 0.613. The number of carbonyl (C=O) groups excluding carboxylic acids is 2. The highest BCUT2D eigenvalue weighted by atomic mass is 32.2. The summed E-state index contributed by atoms with van der Waals surface area (Å²) in [6, 6.07) is 9.33. The number of aromatic nitrogens is 2. The number of nitrogen functional groups attached to an aromatic ring is 1. The van der Waals surface area contributed by atoms with Crippen molar-refractivity contribution in [2.45, 2.75) is 77.3 Å². The van der Waals surface area contributed by atoms with Crippen LogP contribution in [0.3, 0.4) is 0 Å². The Morgan fingerprint density at radius 1 is 1.20 bits per heavy atom. The number of fused-ring (bicyclic) bond motifs is 1. The Hall–Kier alpha value is -5.06. The van der Waals surface area contributed by atoms with Crippen LogP contribution >= 0.6 is 23.7 Å². The summed E-state index contributed by atoms with van der Waals surface area (Å²) in [5, 5.41) is 27.1. The Balaban J connectivity index is 0.00000125. The number of carbonyl (C=O) groups is 4. The molecule has 2 aliphatic rings. The van der Waals surface area contributed by atoms with E-state index in [2.05, 4.69) is 39.1 Å². The van der Waals surface area contributed by atoms with E-state index < -0.39 is 29.5 Å². The van der Waals surface area contributed by atoms with E-state index >= 15 is 0 Å². The third kappa shape index (κ3) is 12.2. The fourth-order valence-electron chi connectivity index (χ4n) is 5.46. The van der Waals surface area contributed by atoms with Gasteiger partial charge < -0.3 is 42.3 Å². The topological polar surface area (TPSA) is 280 Å². The van der Waals surface area contributed by atoms with Crippen LogP contribution in [0.25, 0.3) is 11.1 Å². The molecule has 3 atom stereocenters. The van der Waals surface area contributed by atoms with E-state index in [0.29, 0.717) is 31.8 Å². The molecule has 21 heteroatoms. The molecule has 0 radical (unpaired) electrons. The summed E-state index contributed by atoms with van der Waals surface area (Å²) >= 11 is 1.81. The zero-order valence-corrected chi connectivity index (χ0v) is 34.0. The van der Waals surface area contributed by atoms with Gasteiger partial charge in [0, 0.05) is 30.1 Å². The van der Waals surface area contributed by atoms with Crippen LogP contribution in [-0.2, 0) is 46.0 Å². The van der Waals surface area contributed by atoms with Crippen molar-refractivity contribution in [1.82, 2.24) is 15.4 Å². The molecule has 3 unspecified atom stereocenters. The van der Waals surface area contributed by atoms with Crippen molar-refractivity contribution < 1.29 is 52.0 Å². The van der Waals surface area contributed by atoms with Gasteiger partial charge in [-0.15, -0.1) is 11.3 Å². The molecule has 0 saturated carbocycles. The molecule has 3 aromatic rings. The molecule has 0 spiro atoms. The van der Waals surface area contributed by atoms with E-state index in [0.717, 1.165) is 51.1 Å². The number of pyridine rings is 1. The number of aryl methyl sites for hydroxylation is 2. The molecule has 1 saturated heterocycles. The first-order valence-corrected chi connectivity index (χ1v) is 18.9. The second-order valence-electron chi connectivity index (χ2n) is 12.3. The second kappa shape index (κ2) is 23.1. The maximum absolute atomic E-state index is 13.4. The van der Waals surface area contributed by atoms with E-state index in [1.165, 1.54) is 7.11 Å². The average molecular weight is 823 g/mol. The number of thiazole rings is 1. The van der Waals surface area contributed by atoms with Gasteiger partial charge in [-0.3, -0.25) is 28.7 Å². The molecule has 56 heavy (non-hydrogen) atoms. The summed E-state index contributed by atoms with van der Waals surface area (Å²) in [4.78, 5) is 53.0. The Morgan fingerprint density at radius 3 is 2.39 bits per heavy atom. The van der Waals surface area contributed by atoms with Gasteiger partial charge in [0.1, 0.15) is 29.6 Å². The Kier molecular flexibility index (Phi) is 19.4. The molecule has 2 amide bonds. The zero-order chi connectivity index (χ0) is 42.0. The van der Waals surface area contributed by atoms with Gasteiger partial charge in [-0.2, -0.15) is 9.35 Å². The van der Waals surface area contributed by atoms with E-state index in [1.807, 2.05) is 50.6 Å². The molecule has 1 fully saturated rings. The lowest BCUT2D eigenvalue weighted by Gasteiger charge is -2.50. The molecule has 1 aromatic carbocycles. The molecule has 308 valence electrons. The van der Waals surface area contributed by atoms with Crippen LogP contribution in [0.1, 0.15) is 52.3 Å². The van der Waals surface area contributed by atoms with Crippen LogP contribution in [0.2, 0.25) is 0 Å². The third-order valence-electron chi connectivity index (χ3n) is 8.36. The van der Waals surface area contributed by atoms with E-state index in [-0.39, 0.29) is 41.6 Å².